The molecule has 0 bridgehead atoms. The van der Waals surface area contributed by atoms with Gasteiger partial charge in [-0.2, -0.15) is 5.26 Å². The maximum atomic E-state index is 12.7. The average molecular weight is 573 g/mol. The van der Waals surface area contributed by atoms with E-state index in [1.54, 1.807) is 6.08 Å². The van der Waals surface area contributed by atoms with Gasteiger partial charge in [0.1, 0.15) is 11.6 Å². The summed E-state index contributed by atoms with van der Waals surface area (Å²) >= 11 is 0. The number of carboxylic acid groups (broad SMARTS) is 1. The molecular formula is C35H48N4O3. The lowest BCUT2D eigenvalue weighted by Crippen LogP contribution is -2.25. The van der Waals surface area contributed by atoms with Crippen molar-refractivity contribution in [1.82, 2.24) is 5.32 Å². The van der Waals surface area contributed by atoms with Crippen molar-refractivity contribution >= 4 is 28.8 Å². The number of nitrogens with zero attached hydrogens (tertiary/aromatic N) is 3. The quantitative estimate of drug-likeness (QED) is 0.0800. The number of aliphatic carboxylic acids is 1. The van der Waals surface area contributed by atoms with E-state index in [1.165, 1.54) is 19.3 Å². The second-order valence-electron chi connectivity index (χ2n) is 11.1. The molecule has 0 spiro atoms. The van der Waals surface area contributed by atoms with E-state index in [0.717, 1.165) is 73.0 Å². The van der Waals surface area contributed by atoms with Crippen LogP contribution in [0.4, 0.5) is 11.4 Å². The van der Waals surface area contributed by atoms with Crippen LogP contribution in [0, 0.1) is 11.3 Å². The van der Waals surface area contributed by atoms with Crippen molar-refractivity contribution in [2.45, 2.75) is 70.6 Å². The Hall–Kier alpha value is -4.05. The Balaban J connectivity index is 1.90. The number of carbonyl (C=O) groups is 2. The largest absolute Gasteiger partial charge is 0.481 e. The molecule has 0 fully saturated rings. The second-order valence-corrected chi connectivity index (χ2v) is 11.1. The van der Waals surface area contributed by atoms with Gasteiger partial charge in [-0.05, 0) is 59.9 Å². The first-order valence-corrected chi connectivity index (χ1v) is 15.1. The van der Waals surface area contributed by atoms with Crippen molar-refractivity contribution in [2.24, 2.45) is 0 Å². The van der Waals surface area contributed by atoms with Crippen LogP contribution in [0.2, 0.25) is 0 Å². The minimum absolute atomic E-state index is 0.0886. The maximum absolute atomic E-state index is 12.7. The Bertz CT molecular complexity index is 1150. The molecule has 42 heavy (non-hydrogen) atoms. The molecule has 2 aromatic carbocycles. The number of unbranched alkanes of at least 4 members (excludes halogenated alkanes) is 9. The fraction of sp³-hybridized carbons (Fsp3) is 0.457. The highest BCUT2D eigenvalue weighted by atomic mass is 16.4. The third-order valence-electron chi connectivity index (χ3n) is 7.27. The molecular weight excluding hydrogens is 524 g/mol. The highest BCUT2D eigenvalue weighted by Gasteiger charge is 2.10. The zero-order chi connectivity index (χ0) is 30.7. The Morgan fingerprint density at radius 2 is 1.14 bits per heavy atom. The van der Waals surface area contributed by atoms with Crippen molar-refractivity contribution in [2.75, 3.05) is 44.5 Å². The summed E-state index contributed by atoms with van der Waals surface area (Å²) in [6.07, 6.45) is 14.4. The lowest BCUT2D eigenvalue weighted by Gasteiger charge is -2.16. The van der Waals surface area contributed by atoms with Gasteiger partial charge in [-0.1, -0.05) is 81.7 Å². The van der Waals surface area contributed by atoms with Gasteiger partial charge in [-0.25, -0.2) is 0 Å². The van der Waals surface area contributed by atoms with Crippen molar-refractivity contribution in [3.8, 4) is 6.07 Å². The van der Waals surface area contributed by atoms with Gasteiger partial charge in [-0.15, -0.1) is 0 Å². The number of carboxylic acids is 1. The van der Waals surface area contributed by atoms with Crippen molar-refractivity contribution < 1.29 is 14.7 Å². The first-order valence-electron chi connectivity index (χ1n) is 15.1. The number of allylic oxidation sites excluding steroid dienone is 2. The molecule has 7 nitrogen and oxygen atoms in total. The number of nitrogens with one attached hydrogen (secondary N) is 1. The van der Waals surface area contributed by atoms with Crippen molar-refractivity contribution in [3.63, 3.8) is 0 Å². The highest BCUT2D eigenvalue weighted by molar-refractivity contribution is 5.98. The number of hydrogen-bond donors (Lipinski definition) is 2. The van der Waals surface area contributed by atoms with E-state index >= 15 is 0 Å². The molecule has 2 aromatic rings. The van der Waals surface area contributed by atoms with Crippen LogP contribution >= 0.6 is 0 Å². The summed E-state index contributed by atoms with van der Waals surface area (Å²) in [6, 6.07) is 18.5. The van der Waals surface area contributed by atoms with E-state index in [0.29, 0.717) is 6.54 Å². The minimum Gasteiger partial charge on any atom is -0.481 e. The van der Waals surface area contributed by atoms with E-state index in [1.807, 2.05) is 44.1 Å². The lowest BCUT2D eigenvalue weighted by atomic mass is 9.96. The predicted molar refractivity (Wildman–Crippen MR) is 174 cm³/mol. The lowest BCUT2D eigenvalue weighted by molar-refractivity contribution is -0.137. The van der Waals surface area contributed by atoms with Gasteiger partial charge in [0.25, 0.3) is 5.91 Å². The summed E-state index contributed by atoms with van der Waals surface area (Å²) in [7, 11) is 8.02. The fourth-order valence-electron chi connectivity index (χ4n) is 4.68. The number of rotatable bonds is 19. The third kappa shape index (κ3) is 12.6. The summed E-state index contributed by atoms with van der Waals surface area (Å²) in [5.74, 6) is -1.05. The standard InChI is InChI=1S/C35H48N4O3/c1-38(2)31-21-16-28(17-22-31)33(29-18-23-32(24-19-29)39(3)4)25-20-30(27-36)35(42)37-26-14-12-10-8-6-5-7-9-11-13-15-34(40)41/h16-25H,5-15,26H2,1-4H3,(H,37,42)(H,40,41)/b30-20+. The predicted octanol–water partition coefficient (Wildman–Crippen LogP) is 7.19. The van der Waals surface area contributed by atoms with E-state index in [2.05, 4.69) is 59.9 Å². The minimum atomic E-state index is -0.707. The Labute approximate surface area is 252 Å². The molecule has 1 amide bonds. The molecule has 0 aliphatic heterocycles. The molecule has 0 heterocycles. The summed E-state index contributed by atoms with van der Waals surface area (Å²) in [4.78, 5) is 27.4. The number of nitriles is 1. The zero-order valence-electron chi connectivity index (χ0n) is 25.9. The number of anilines is 2. The zero-order valence-corrected chi connectivity index (χ0v) is 25.9. The van der Waals surface area contributed by atoms with Crippen LogP contribution in [-0.4, -0.2) is 51.7 Å². The summed E-state index contributed by atoms with van der Waals surface area (Å²) < 4.78 is 0. The third-order valence-corrected chi connectivity index (χ3v) is 7.27. The second kappa shape index (κ2) is 19.1. The van der Waals surface area contributed by atoms with Crippen LogP contribution in [0.25, 0.3) is 5.57 Å². The van der Waals surface area contributed by atoms with E-state index < -0.39 is 5.97 Å². The van der Waals surface area contributed by atoms with E-state index in [9.17, 15) is 14.9 Å². The molecule has 0 saturated carbocycles. The molecule has 0 aromatic heterocycles. The van der Waals surface area contributed by atoms with Gasteiger partial charge in [0.2, 0.25) is 0 Å². The molecule has 2 N–H and O–H groups in total. The molecule has 7 heteroatoms. The summed E-state index contributed by atoms with van der Waals surface area (Å²) in [5.41, 5.74) is 5.23. The summed E-state index contributed by atoms with van der Waals surface area (Å²) in [5, 5.41) is 21.3. The van der Waals surface area contributed by atoms with Crippen LogP contribution in [0.3, 0.4) is 0 Å². The summed E-state index contributed by atoms with van der Waals surface area (Å²) in [6.45, 7) is 0.552. The van der Waals surface area contributed by atoms with Gasteiger partial charge < -0.3 is 20.2 Å². The molecule has 226 valence electrons. The first kappa shape index (κ1) is 34.2. The topological polar surface area (TPSA) is 96.7 Å². The first-order chi connectivity index (χ1) is 20.2. The van der Waals surface area contributed by atoms with Crippen LogP contribution in [0.1, 0.15) is 81.8 Å². The van der Waals surface area contributed by atoms with Crippen molar-refractivity contribution in [3.05, 3.63) is 77.4 Å². The maximum Gasteiger partial charge on any atom is 0.303 e. The highest BCUT2D eigenvalue weighted by Crippen LogP contribution is 2.27. The van der Waals surface area contributed by atoms with Crippen LogP contribution in [-0.2, 0) is 9.59 Å². The SMILES string of the molecule is CN(C)c1ccc(C(=C/C=C(\C#N)C(=O)NCCCCCCCCCCCCC(=O)O)c2ccc(N(C)C)cc2)cc1. The molecule has 0 atom stereocenters. The van der Waals surface area contributed by atoms with Gasteiger partial charge in [0.15, 0.2) is 0 Å². The number of benzene rings is 2. The van der Waals surface area contributed by atoms with Crippen LogP contribution in [0.15, 0.2) is 66.3 Å². The Kier molecular flexibility index (Phi) is 15.6. The van der Waals surface area contributed by atoms with Gasteiger partial charge in [-0.3, -0.25) is 9.59 Å². The molecule has 0 aliphatic rings. The smallest absolute Gasteiger partial charge is 0.303 e. The Morgan fingerprint density at radius 1 is 0.714 bits per heavy atom. The fourth-order valence-corrected chi connectivity index (χ4v) is 4.68. The number of hydrogen-bond acceptors (Lipinski definition) is 5. The van der Waals surface area contributed by atoms with Crippen LogP contribution < -0.4 is 15.1 Å². The van der Waals surface area contributed by atoms with Gasteiger partial charge >= 0.3 is 5.97 Å². The molecule has 0 saturated heterocycles. The number of carbonyl (C=O) groups excluding carboxylic acids is 1. The Morgan fingerprint density at radius 3 is 1.55 bits per heavy atom. The molecule has 2 rings (SSSR count). The van der Waals surface area contributed by atoms with E-state index in [-0.39, 0.29) is 17.9 Å². The normalized spacial score (nSPS) is 11.0. The monoisotopic (exact) mass is 572 g/mol. The number of amides is 1. The molecule has 0 unspecified atom stereocenters. The van der Waals surface area contributed by atoms with Crippen LogP contribution in [0.5, 0.6) is 0 Å². The van der Waals surface area contributed by atoms with Crippen molar-refractivity contribution in [1.29, 1.82) is 5.26 Å². The van der Waals surface area contributed by atoms with Gasteiger partial charge in [0, 0.05) is 52.5 Å². The van der Waals surface area contributed by atoms with E-state index in [4.69, 9.17) is 5.11 Å². The molecule has 0 aliphatic carbocycles. The molecule has 0 radical (unpaired) electrons. The average Bonchev–Trinajstić information content (AvgIpc) is 2.97. The van der Waals surface area contributed by atoms with Gasteiger partial charge in [0.05, 0.1) is 0 Å².